The van der Waals surface area contributed by atoms with Crippen LogP contribution < -0.4 is 4.50 Å². The average Bonchev–Trinajstić information content (AvgIpc) is 3.77. The molecule has 0 amide bonds. The standard InChI is InChI=1S/C36H34S7Si/c1-19-15-28(40-35(19)30-17-21(3)33(42-30)26-10-9-23(5)37-26)24-11-12-25(38-24)29-16-20(2)36(41-29)31-18-22(4)34(43-31)27-13-14-32(39-27)44(6,7)8/h9-18H,1-8H3. The quantitative estimate of drug-likeness (QED) is 0.144. The SMILES string of the molecule is Cc1ccc(-c2sc(-c3sc(-c4ccc(-c5cc(C)c(-c6cc(C)c(-c7ccc([Si](C)(C)C)s7)s6)s5)s4)cc3C)cc2C)s1. The third kappa shape index (κ3) is 5.77. The van der Waals surface area contributed by atoms with Gasteiger partial charge in [0.25, 0.3) is 0 Å². The lowest BCUT2D eigenvalue weighted by Gasteiger charge is -2.12. The van der Waals surface area contributed by atoms with E-state index in [4.69, 9.17) is 0 Å². The first-order chi connectivity index (χ1) is 20.9. The smallest absolute Gasteiger partial charge is 0.0904 e. The molecular formula is C36H34S7Si. The molecule has 0 fully saturated rings. The highest BCUT2D eigenvalue weighted by atomic mass is 32.1. The maximum Gasteiger partial charge on any atom is 0.0904 e. The molecule has 0 radical (unpaired) electrons. The van der Waals surface area contributed by atoms with Gasteiger partial charge >= 0.3 is 0 Å². The van der Waals surface area contributed by atoms with E-state index in [9.17, 15) is 0 Å². The van der Waals surface area contributed by atoms with E-state index in [0.717, 1.165) is 0 Å². The molecule has 0 saturated carbocycles. The molecule has 8 heteroatoms. The number of thiophene rings is 7. The molecule has 0 nitrogen and oxygen atoms in total. The lowest BCUT2D eigenvalue weighted by Crippen LogP contribution is -2.34. The number of aryl methyl sites for hydroxylation is 5. The summed E-state index contributed by atoms with van der Waals surface area (Å²) in [5, 5.41) is 0. The van der Waals surface area contributed by atoms with Crippen LogP contribution in [0.2, 0.25) is 19.6 Å². The Bertz CT molecular complexity index is 2120. The lowest BCUT2D eigenvalue weighted by molar-refractivity contribution is 1.53. The fourth-order valence-electron chi connectivity index (χ4n) is 5.40. The van der Waals surface area contributed by atoms with Gasteiger partial charge in [0.1, 0.15) is 0 Å². The number of hydrogen-bond acceptors (Lipinski definition) is 7. The molecule has 0 aliphatic rings. The second-order valence-corrected chi connectivity index (χ2v) is 25.5. The minimum atomic E-state index is -1.29. The summed E-state index contributed by atoms with van der Waals surface area (Å²) in [7, 11) is -1.29. The van der Waals surface area contributed by atoms with Gasteiger partial charge in [0.05, 0.1) is 8.07 Å². The second-order valence-electron chi connectivity index (χ2n) is 12.5. The van der Waals surface area contributed by atoms with Crippen molar-refractivity contribution in [2.24, 2.45) is 0 Å². The second kappa shape index (κ2) is 11.7. The van der Waals surface area contributed by atoms with Crippen molar-refractivity contribution in [1.29, 1.82) is 0 Å². The first-order valence-corrected chi connectivity index (χ1v) is 23.9. The van der Waals surface area contributed by atoms with E-state index in [0.29, 0.717) is 0 Å². The van der Waals surface area contributed by atoms with E-state index >= 15 is 0 Å². The Morgan fingerprint density at radius 3 is 1.18 bits per heavy atom. The summed E-state index contributed by atoms with van der Waals surface area (Å²) in [5.74, 6) is 0. The molecule has 0 saturated heterocycles. The first kappa shape index (κ1) is 30.8. The molecule has 0 bridgehead atoms. The van der Waals surface area contributed by atoms with E-state index in [2.05, 4.69) is 115 Å². The third-order valence-electron chi connectivity index (χ3n) is 7.74. The summed E-state index contributed by atoms with van der Waals surface area (Å²) in [4.78, 5) is 18.1. The fourth-order valence-corrected chi connectivity index (χ4v) is 15.7. The Balaban J connectivity index is 1.15. The number of rotatable bonds is 7. The zero-order valence-corrected chi connectivity index (χ0v) is 32.8. The van der Waals surface area contributed by atoms with Crippen LogP contribution >= 0.6 is 79.4 Å². The van der Waals surface area contributed by atoms with Crippen molar-refractivity contribution in [3.8, 4) is 58.5 Å². The molecular weight excluding hydrogens is 685 g/mol. The highest BCUT2D eigenvalue weighted by Crippen LogP contribution is 2.49. The molecule has 0 unspecified atom stereocenters. The zero-order valence-electron chi connectivity index (χ0n) is 26.1. The Morgan fingerprint density at radius 2 is 0.750 bits per heavy atom. The van der Waals surface area contributed by atoms with E-state index in [1.807, 2.05) is 79.4 Å². The normalized spacial score (nSPS) is 12.1. The van der Waals surface area contributed by atoms with Gasteiger partial charge < -0.3 is 0 Å². The molecule has 7 aromatic heterocycles. The van der Waals surface area contributed by atoms with Crippen molar-refractivity contribution >= 4 is 91.9 Å². The highest BCUT2D eigenvalue weighted by molar-refractivity contribution is 7.33. The van der Waals surface area contributed by atoms with Gasteiger partial charge in [0.2, 0.25) is 0 Å². The van der Waals surface area contributed by atoms with Gasteiger partial charge in [-0.1, -0.05) is 25.7 Å². The maximum atomic E-state index is 2.44. The van der Waals surface area contributed by atoms with Crippen molar-refractivity contribution in [1.82, 2.24) is 0 Å². The topological polar surface area (TPSA) is 0 Å². The van der Waals surface area contributed by atoms with Crippen molar-refractivity contribution in [2.45, 2.75) is 54.3 Å². The monoisotopic (exact) mass is 718 g/mol. The molecule has 7 heterocycles. The maximum absolute atomic E-state index is 2.44. The third-order valence-corrected chi connectivity index (χ3v) is 20.6. The summed E-state index contributed by atoms with van der Waals surface area (Å²) in [5.41, 5.74) is 5.52. The van der Waals surface area contributed by atoms with Crippen LogP contribution in [0.15, 0.2) is 60.7 Å². The van der Waals surface area contributed by atoms with Crippen molar-refractivity contribution in [3.05, 3.63) is 87.8 Å². The molecule has 0 spiro atoms. The molecule has 7 aromatic rings. The van der Waals surface area contributed by atoms with E-state index in [-0.39, 0.29) is 0 Å². The van der Waals surface area contributed by atoms with E-state index < -0.39 is 8.07 Å². The van der Waals surface area contributed by atoms with Crippen molar-refractivity contribution in [3.63, 3.8) is 0 Å². The first-order valence-electron chi connectivity index (χ1n) is 14.6. The van der Waals surface area contributed by atoms with Gasteiger partial charge in [0, 0.05) is 63.4 Å². The minimum Gasteiger partial charge on any atom is -0.144 e. The van der Waals surface area contributed by atoms with Crippen LogP contribution in [0.3, 0.4) is 0 Å². The van der Waals surface area contributed by atoms with Gasteiger partial charge in [-0.15, -0.1) is 79.4 Å². The average molecular weight is 719 g/mol. The van der Waals surface area contributed by atoms with Crippen LogP contribution in [-0.4, -0.2) is 8.07 Å². The summed E-state index contributed by atoms with van der Waals surface area (Å²) < 4.78 is 1.58. The largest absolute Gasteiger partial charge is 0.144 e. The number of hydrogen-bond donors (Lipinski definition) is 0. The van der Waals surface area contributed by atoms with Gasteiger partial charge in [-0.2, -0.15) is 0 Å². The minimum absolute atomic E-state index is 1.29. The van der Waals surface area contributed by atoms with Gasteiger partial charge in [-0.3, -0.25) is 0 Å². The summed E-state index contributed by atoms with van der Waals surface area (Å²) >= 11 is 13.6. The molecule has 0 N–H and O–H groups in total. The summed E-state index contributed by atoms with van der Waals surface area (Å²) in [6.07, 6.45) is 0. The Hall–Kier alpha value is -1.88. The van der Waals surface area contributed by atoms with Crippen LogP contribution in [0.5, 0.6) is 0 Å². The van der Waals surface area contributed by atoms with Gasteiger partial charge in [-0.05, 0) is 116 Å². The predicted octanol–water partition coefficient (Wildman–Crippen LogP) is 14.2. The van der Waals surface area contributed by atoms with Crippen LogP contribution in [0.1, 0.15) is 27.1 Å². The molecule has 0 aliphatic carbocycles. The molecule has 224 valence electrons. The molecule has 0 aliphatic heterocycles. The van der Waals surface area contributed by atoms with Crippen LogP contribution in [0, 0.1) is 34.6 Å². The predicted molar refractivity (Wildman–Crippen MR) is 211 cm³/mol. The van der Waals surface area contributed by atoms with Crippen LogP contribution in [-0.2, 0) is 0 Å². The van der Waals surface area contributed by atoms with Crippen LogP contribution in [0.25, 0.3) is 58.5 Å². The zero-order chi connectivity index (χ0) is 30.9. The van der Waals surface area contributed by atoms with Crippen LogP contribution in [0.4, 0.5) is 0 Å². The fraction of sp³-hybridized carbons (Fsp3) is 0.222. The van der Waals surface area contributed by atoms with Crippen molar-refractivity contribution in [2.75, 3.05) is 0 Å². The molecule has 7 rings (SSSR count). The van der Waals surface area contributed by atoms with Gasteiger partial charge in [0.15, 0.2) is 0 Å². The Labute approximate surface area is 290 Å². The Kier molecular flexibility index (Phi) is 8.20. The molecule has 44 heavy (non-hydrogen) atoms. The Morgan fingerprint density at radius 1 is 0.364 bits per heavy atom. The van der Waals surface area contributed by atoms with E-state index in [1.165, 1.54) is 85.7 Å². The summed E-state index contributed by atoms with van der Waals surface area (Å²) in [6, 6.07) is 23.4. The molecule has 0 atom stereocenters. The lowest BCUT2D eigenvalue weighted by atomic mass is 10.2. The molecule has 0 aromatic carbocycles. The van der Waals surface area contributed by atoms with Gasteiger partial charge in [-0.25, -0.2) is 0 Å². The van der Waals surface area contributed by atoms with E-state index in [1.54, 1.807) is 4.50 Å². The van der Waals surface area contributed by atoms with Crippen molar-refractivity contribution < 1.29 is 0 Å². The highest BCUT2D eigenvalue weighted by Gasteiger charge is 2.22. The summed E-state index contributed by atoms with van der Waals surface area (Å²) in [6.45, 7) is 18.6.